The fourth-order valence-corrected chi connectivity index (χ4v) is 4.68. The molecule has 1 atom stereocenters. The first kappa shape index (κ1) is 16.3. The summed E-state index contributed by atoms with van der Waals surface area (Å²) >= 11 is 1.92. The molecule has 0 saturated heterocycles. The topological polar surface area (TPSA) is 17.4 Å². The van der Waals surface area contributed by atoms with Crippen molar-refractivity contribution in [2.75, 3.05) is 21.2 Å². The number of benzene rings is 2. The van der Waals surface area contributed by atoms with Gasteiger partial charge in [-0.1, -0.05) is 24.3 Å². The summed E-state index contributed by atoms with van der Waals surface area (Å²) in [6, 6.07) is 21.7. The molecule has 1 aliphatic heterocycles. The second kappa shape index (κ2) is 6.62. The van der Waals surface area contributed by atoms with Crippen molar-refractivity contribution in [1.82, 2.24) is 9.47 Å². The quantitative estimate of drug-likeness (QED) is 0.676. The molecule has 0 amide bonds. The second-order valence-corrected chi connectivity index (χ2v) is 7.71. The van der Waals surface area contributed by atoms with Gasteiger partial charge in [0, 0.05) is 22.8 Å². The Morgan fingerprint density at radius 2 is 1.76 bits per heavy atom. The van der Waals surface area contributed by atoms with Crippen LogP contribution in [0, 0.1) is 0 Å². The van der Waals surface area contributed by atoms with Crippen molar-refractivity contribution in [3.8, 4) is 11.4 Å². The smallest absolute Gasteiger partial charge is 0.118 e. The van der Waals surface area contributed by atoms with Crippen LogP contribution >= 0.6 is 11.8 Å². The van der Waals surface area contributed by atoms with E-state index >= 15 is 0 Å². The molecule has 128 valence electrons. The molecular weight excluding hydrogens is 328 g/mol. The molecular formula is C21H22N2OS. The van der Waals surface area contributed by atoms with Gasteiger partial charge < -0.3 is 14.2 Å². The highest BCUT2D eigenvalue weighted by Crippen LogP contribution is 2.48. The van der Waals surface area contributed by atoms with E-state index in [1.807, 2.05) is 23.9 Å². The second-order valence-electron chi connectivity index (χ2n) is 6.56. The monoisotopic (exact) mass is 350 g/mol. The third-order valence-corrected chi connectivity index (χ3v) is 5.86. The van der Waals surface area contributed by atoms with E-state index in [0.717, 1.165) is 12.3 Å². The number of para-hydroxylation sites is 1. The Balaban J connectivity index is 1.83. The van der Waals surface area contributed by atoms with Gasteiger partial charge in [0.05, 0.1) is 18.0 Å². The molecule has 3 aromatic rings. The first-order chi connectivity index (χ1) is 12.2. The number of aromatic nitrogens is 1. The van der Waals surface area contributed by atoms with Crippen LogP contribution in [0.2, 0.25) is 0 Å². The minimum Gasteiger partial charge on any atom is -0.497 e. The van der Waals surface area contributed by atoms with E-state index in [9.17, 15) is 0 Å². The van der Waals surface area contributed by atoms with Crippen LogP contribution in [0.5, 0.6) is 5.75 Å². The van der Waals surface area contributed by atoms with Gasteiger partial charge in [-0.3, -0.25) is 0 Å². The third kappa shape index (κ3) is 2.96. The van der Waals surface area contributed by atoms with E-state index in [1.165, 1.54) is 27.5 Å². The number of hydrogen-bond acceptors (Lipinski definition) is 3. The van der Waals surface area contributed by atoms with Gasteiger partial charge in [-0.05, 0) is 56.1 Å². The minimum absolute atomic E-state index is 0.289. The Hall–Kier alpha value is -2.17. The predicted molar refractivity (Wildman–Crippen MR) is 104 cm³/mol. The first-order valence-electron chi connectivity index (χ1n) is 8.42. The molecule has 0 fully saturated rings. The number of fused-ring (bicyclic) bond motifs is 3. The third-order valence-electron chi connectivity index (χ3n) is 4.51. The van der Waals surface area contributed by atoms with E-state index in [2.05, 4.69) is 72.1 Å². The van der Waals surface area contributed by atoms with Crippen LogP contribution in [0.25, 0.3) is 5.69 Å². The van der Waals surface area contributed by atoms with Crippen molar-refractivity contribution in [3.05, 3.63) is 77.6 Å². The maximum absolute atomic E-state index is 5.31. The molecule has 0 spiro atoms. The molecule has 3 nitrogen and oxygen atoms in total. The first-order valence-corrected chi connectivity index (χ1v) is 9.30. The summed E-state index contributed by atoms with van der Waals surface area (Å²) in [5, 5.41) is 0.289. The number of hydrogen-bond donors (Lipinski definition) is 0. The SMILES string of the molecule is COc1ccc([C@H]2Sc3ccccc3-n3c(CN(C)C)ccc32)cc1. The largest absolute Gasteiger partial charge is 0.497 e. The number of ether oxygens (including phenoxy) is 1. The molecule has 1 aliphatic rings. The Morgan fingerprint density at radius 3 is 2.48 bits per heavy atom. The molecule has 0 radical (unpaired) electrons. The van der Waals surface area contributed by atoms with Crippen molar-refractivity contribution in [2.24, 2.45) is 0 Å². The predicted octanol–water partition coefficient (Wildman–Crippen LogP) is 4.74. The Kier molecular flexibility index (Phi) is 4.32. The van der Waals surface area contributed by atoms with Gasteiger partial charge in [0.1, 0.15) is 5.75 Å². The average molecular weight is 350 g/mol. The van der Waals surface area contributed by atoms with Gasteiger partial charge in [0.2, 0.25) is 0 Å². The van der Waals surface area contributed by atoms with E-state index in [1.54, 1.807) is 7.11 Å². The Morgan fingerprint density at radius 1 is 1.00 bits per heavy atom. The van der Waals surface area contributed by atoms with Crippen LogP contribution in [-0.4, -0.2) is 30.7 Å². The average Bonchev–Trinajstić information content (AvgIpc) is 3.04. The van der Waals surface area contributed by atoms with Crippen molar-refractivity contribution in [2.45, 2.75) is 16.7 Å². The lowest BCUT2D eigenvalue weighted by Gasteiger charge is -2.29. The molecule has 2 heterocycles. The zero-order valence-electron chi connectivity index (χ0n) is 14.8. The molecule has 0 bridgehead atoms. The molecule has 4 heteroatoms. The summed E-state index contributed by atoms with van der Waals surface area (Å²) in [6.07, 6.45) is 0. The molecule has 25 heavy (non-hydrogen) atoms. The molecule has 0 unspecified atom stereocenters. The molecule has 4 rings (SSSR count). The fourth-order valence-electron chi connectivity index (χ4n) is 3.39. The van der Waals surface area contributed by atoms with Crippen LogP contribution in [0.4, 0.5) is 0 Å². The van der Waals surface area contributed by atoms with Gasteiger partial charge in [-0.25, -0.2) is 0 Å². The molecule has 2 aromatic carbocycles. The zero-order chi connectivity index (χ0) is 17.4. The van der Waals surface area contributed by atoms with E-state index in [0.29, 0.717) is 0 Å². The summed E-state index contributed by atoms with van der Waals surface area (Å²) in [7, 11) is 5.94. The van der Waals surface area contributed by atoms with Gasteiger partial charge in [-0.15, -0.1) is 11.8 Å². The molecule has 1 aromatic heterocycles. The lowest BCUT2D eigenvalue weighted by atomic mass is 10.1. The van der Waals surface area contributed by atoms with Crippen LogP contribution in [0.3, 0.4) is 0 Å². The molecule has 0 N–H and O–H groups in total. The van der Waals surface area contributed by atoms with Gasteiger partial charge in [0.25, 0.3) is 0 Å². The number of rotatable bonds is 4. The van der Waals surface area contributed by atoms with Gasteiger partial charge in [0.15, 0.2) is 0 Å². The van der Waals surface area contributed by atoms with Crippen LogP contribution in [0.15, 0.2) is 65.6 Å². The fraction of sp³-hybridized carbons (Fsp3) is 0.238. The highest BCUT2D eigenvalue weighted by molar-refractivity contribution is 8.00. The standard InChI is InChI=1S/C21H22N2OS/c1-22(2)14-16-10-13-19-21(15-8-11-17(24-3)12-9-15)25-20-7-5-4-6-18(20)23(16)19/h4-13,21H,14H2,1-3H3/t21-/m1/s1. The Labute approximate surface area is 153 Å². The molecule has 0 aliphatic carbocycles. The lowest BCUT2D eigenvalue weighted by molar-refractivity contribution is 0.393. The minimum atomic E-state index is 0.289. The highest BCUT2D eigenvalue weighted by atomic mass is 32.2. The zero-order valence-corrected chi connectivity index (χ0v) is 15.6. The summed E-state index contributed by atoms with van der Waals surface area (Å²) in [4.78, 5) is 3.54. The summed E-state index contributed by atoms with van der Waals surface area (Å²) in [5.74, 6) is 0.897. The van der Waals surface area contributed by atoms with E-state index < -0.39 is 0 Å². The van der Waals surface area contributed by atoms with E-state index in [4.69, 9.17) is 4.74 Å². The van der Waals surface area contributed by atoms with Crippen molar-refractivity contribution >= 4 is 11.8 Å². The molecule has 0 saturated carbocycles. The van der Waals surface area contributed by atoms with Crippen LogP contribution in [-0.2, 0) is 6.54 Å². The lowest BCUT2D eigenvalue weighted by Crippen LogP contribution is -2.18. The van der Waals surface area contributed by atoms with Crippen LogP contribution < -0.4 is 4.74 Å². The van der Waals surface area contributed by atoms with Gasteiger partial charge in [-0.2, -0.15) is 0 Å². The number of nitrogens with zero attached hydrogens (tertiary/aromatic N) is 2. The van der Waals surface area contributed by atoms with Crippen molar-refractivity contribution < 1.29 is 4.74 Å². The summed E-state index contributed by atoms with van der Waals surface area (Å²) in [6.45, 7) is 0.925. The maximum atomic E-state index is 5.31. The normalized spacial score (nSPS) is 15.8. The van der Waals surface area contributed by atoms with Crippen molar-refractivity contribution in [1.29, 1.82) is 0 Å². The highest BCUT2D eigenvalue weighted by Gasteiger charge is 2.28. The summed E-state index contributed by atoms with van der Waals surface area (Å²) < 4.78 is 7.74. The Bertz CT molecular complexity index is 883. The number of thioether (sulfide) groups is 1. The maximum Gasteiger partial charge on any atom is 0.118 e. The van der Waals surface area contributed by atoms with Crippen LogP contribution in [0.1, 0.15) is 22.2 Å². The van der Waals surface area contributed by atoms with E-state index in [-0.39, 0.29) is 5.25 Å². The number of methoxy groups -OCH3 is 1. The van der Waals surface area contributed by atoms with Gasteiger partial charge >= 0.3 is 0 Å². The van der Waals surface area contributed by atoms with Crippen molar-refractivity contribution in [3.63, 3.8) is 0 Å². The summed E-state index contributed by atoms with van der Waals surface area (Å²) in [5.41, 5.74) is 5.25.